The molecule has 0 saturated heterocycles. The zero-order chi connectivity index (χ0) is 16.2. The molecule has 0 aliphatic rings. The first kappa shape index (κ1) is 17.1. The minimum atomic E-state index is -0.995. The highest BCUT2D eigenvalue weighted by molar-refractivity contribution is 5.70. The number of aliphatic hydroxyl groups is 1. The SMILES string of the molecule is COc1cc(OC)c(C(O)C(C)C(C)C(=O)O)cc1OC. The molecule has 1 aromatic rings. The largest absolute Gasteiger partial charge is 0.496 e. The summed E-state index contributed by atoms with van der Waals surface area (Å²) in [6.07, 6.45) is -0.995. The first-order valence-corrected chi connectivity index (χ1v) is 6.58. The van der Waals surface area contributed by atoms with E-state index in [0.29, 0.717) is 22.8 Å². The van der Waals surface area contributed by atoms with Gasteiger partial charge < -0.3 is 24.4 Å². The zero-order valence-corrected chi connectivity index (χ0v) is 12.9. The van der Waals surface area contributed by atoms with Crippen molar-refractivity contribution in [3.05, 3.63) is 17.7 Å². The highest BCUT2D eigenvalue weighted by Gasteiger charge is 2.30. The van der Waals surface area contributed by atoms with Crippen LogP contribution in [0, 0.1) is 11.8 Å². The van der Waals surface area contributed by atoms with Crippen LogP contribution >= 0.6 is 0 Å². The van der Waals surface area contributed by atoms with Gasteiger partial charge in [-0.15, -0.1) is 0 Å². The molecule has 0 bridgehead atoms. The highest BCUT2D eigenvalue weighted by atomic mass is 16.5. The Morgan fingerprint density at radius 1 is 1.00 bits per heavy atom. The Hall–Kier alpha value is -1.95. The van der Waals surface area contributed by atoms with E-state index in [9.17, 15) is 9.90 Å². The quantitative estimate of drug-likeness (QED) is 0.802. The molecule has 6 nitrogen and oxygen atoms in total. The number of aliphatic carboxylic acids is 1. The molecular formula is C15H22O6. The number of aliphatic hydroxyl groups excluding tert-OH is 1. The Morgan fingerprint density at radius 3 is 1.90 bits per heavy atom. The van der Waals surface area contributed by atoms with E-state index in [4.69, 9.17) is 19.3 Å². The first-order chi connectivity index (χ1) is 9.87. The van der Waals surface area contributed by atoms with E-state index < -0.39 is 23.9 Å². The molecular weight excluding hydrogens is 276 g/mol. The fraction of sp³-hybridized carbons (Fsp3) is 0.533. The average Bonchev–Trinajstić information content (AvgIpc) is 2.50. The number of hydrogen-bond donors (Lipinski definition) is 2. The van der Waals surface area contributed by atoms with Gasteiger partial charge in [-0.2, -0.15) is 0 Å². The zero-order valence-electron chi connectivity index (χ0n) is 12.9. The smallest absolute Gasteiger partial charge is 0.306 e. The average molecular weight is 298 g/mol. The van der Waals surface area contributed by atoms with Crippen LogP contribution in [0.25, 0.3) is 0 Å². The summed E-state index contributed by atoms with van der Waals surface area (Å²) in [4.78, 5) is 11.1. The van der Waals surface area contributed by atoms with Gasteiger partial charge in [0.25, 0.3) is 0 Å². The van der Waals surface area contributed by atoms with E-state index in [-0.39, 0.29) is 0 Å². The summed E-state index contributed by atoms with van der Waals surface area (Å²) in [5.41, 5.74) is 0.468. The van der Waals surface area contributed by atoms with Crippen LogP contribution in [0.4, 0.5) is 0 Å². The van der Waals surface area contributed by atoms with Crippen LogP contribution in [0.3, 0.4) is 0 Å². The molecule has 0 aliphatic heterocycles. The second-order valence-electron chi connectivity index (χ2n) is 4.88. The summed E-state index contributed by atoms with van der Waals surface area (Å²) in [7, 11) is 4.47. The van der Waals surface area contributed by atoms with Crippen LogP contribution < -0.4 is 14.2 Å². The number of carboxylic acid groups (broad SMARTS) is 1. The Bertz CT molecular complexity index is 499. The van der Waals surface area contributed by atoms with E-state index in [1.807, 2.05) is 0 Å². The molecule has 0 saturated carbocycles. The molecule has 118 valence electrons. The van der Waals surface area contributed by atoms with Crippen LogP contribution in [0.15, 0.2) is 12.1 Å². The van der Waals surface area contributed by atoms with Crippen LogP contribution in [-0.2, 0) is 4.79 Å². The number of rotatable bonds is 7. The van der Waals surface area contributed by atoms with E-state index >= 15 is 0 Å². The Morgan fingerprint density at radius 2 is 1.48 bits per heavy atom. The maximum Gasteiger partial charge on any atom is 0.306 e. The summed E-state index contributed by atoms with van der Waals surface area (Å²) in [5.74, 6) is -0.801. The third-order valence-corrected chi connectivity index (χ3v) is 3.73. The molecule has 1 aromatic carbocycles. The molecule has 2 N–H and O–H groups in total. The topological polar surface area (TPSA) is 85.2 Å². The van der Waals surface area contributed by atoms with E-state index in [0.717, 1.165) is 0 Å². The predicted octanol–water partition coefficient (Wildman–Crippen LogP) is 2.10. The van der Waals surface area contributed by atoms with Crippen molar-refractivity contribution in [2.45, 2.75) is 20.0 Å². The lowest BCUT2D eigenvalue weighted by molar-refractivity contribution is -0.144. The fourth-order valence-corrected chi connectivity index (χ4v) is 2.07. The molecule has 3 unspecified atom stereocenters. The Labute approximate surface area is 124 Å². The van der Waals surface area contributed by atoms with Gasteiger partial charge in [-0.05, 0) is 12.0 Å². The molecule has 1 rings (SSSR count). The van der Waals surface area contributed by atoms with E-state index in [1.54, 1.807) is 26.0 Å². The van der Waals surface area contributed by atoms with E-state index in [2.05, 4.69) is 0 Å². The predicted molar refractivity (Wildman–Crippen MR) is 77.0 cm³/mol. The number of benzene rings is 1. The van der Waals surface area contributed by atoms with Gasteiger partial charge in [0.15, 0.2) is 11.5 Å². The number of hydrogen-bond acceptors (Lipinski definition) is 5. The third kappa shape index (κ3) is 3.58. The number of ether oxygens (including phenoxy) is 3. The van der Waals surface area contributed by atoms with Crippen molar-refractivity contribution >= 4 is 5.97 Å². The van der Waals surface area contributed by atoms with Gasteiger partial charge in [0.05, 0.1) is 33.4 Å². The Kier molecular flexibility index (Phi) is 5.84. The van der Waals surface area contributed by atoms with Crippen molar-refractivity contribution in [1.82, 2.24) is 0 Å². The molecule has 21 heavy (non-hydrogen) atoms. The molecule has 0 fully saturated rings. The van der Waals surface area contributed by atoms with Crippen molar-refractivity contribution < 1.29 is 29.2 Å². The van der Waals surface area contributed by atoms with Crippen molar-refractivity contribution in [2.24, 2.45) is 11.8 Å². The second kappa shape index (κ2) is 7.17. The first-order valence-electron chi connectivity index (χ1n) is 6.58. The van der Waals surface area contributed by atoms with Gasteiger partial charge in [-0.1, -0.05) is 13.8 Å². The fourth-order valence-electron chi connectivity index (χ4n) is 2.07. The van der Waals surface area contributed by atoms with Gasteiger partial charge in [0, 0.05) is 11.6 Å². The van der Waals surface area contributed by atoms with Gasteiger partial charge in [-0.25, -0.2) is 0 Å². The van der Waals surface area contributed by atoms with Gasteiger partial charge >= 0.3 is 5.97 Å². The standard InChI is InChI=1S/C15H22O6/c1-8(9(2)15(17)18)14(16)10-6-12(20-4)13(21-5)7-11(10)19-3/h6-9,14,16H,1-5H3,(H,17,18). The van der Waals surface area contributed by atoms with Crippen molar-refractivity contribution in [3.63, 3.8) is 0 Å². The van der Waals surface area contributed by atoms with Crippen LogP contribution in [0.2, 0.25) is 0 Å². The highest BCUT2D eigenvalue weighted by Crippen LogP contribution is 2.40. The maximum atomic E-state index is 11.1. The molecule has 6 heteroatoms. The molecule has 0 heterocycles. The van der Waals surface area contributed by atoms with E-state index in [1.165, 1.54) is 21.3 Å². The molecule has 0 amide bonds. The van der Waals surface area contributed by atoms with Gasteiger partial charge in [0.1, 0.15) is 5.75 Å². The molecule has 0 aromatic heterocycles. The molecule has 0 spiro atoms. The lowest BCUT2D eigenvalue weighted by Gasteiger charge is -2.25. The number of carboxylic acids is 1. The molecule has 0 radical (unpaired) electrons. The lowest BCUT2D eigenvalue weighted by Crippen LogP contribution is -2.24. The van der Waals surface area contributed by atoms with Crippen LogP contribution in [0.1, 0.15) is 25.5 Å². The summed E-state index contributed by atoms with van der Waals surface area (Å²) in [6, 6.07) is 3.21. The number of carbonyl (C=O) groups is 1. The maximum absolute atomic E-state index is 11.1. The monoisotopic (exact) mass is 298 g/mol. The van der Waals surface area contributed by atoms with Gasteiger partial charge in [-0.3, -0.25) is 4.79 Å². The minimum absolute atomic E-state index is 0.421. The molecule has 0 aliphatic carbocycles. The number of methoxy groups -OCH3 is 3. The Balaban J connectivity index is 3.24. The van der Waals surface area contributed by atoms with Gasteiger partial charge in [0.2, 0.25) is 0 Å². The summed E-state index contributed by atoms with van der Waals surface area (Å²) in [6.45, 7) is 3.24. The van der Waals surface area contributed by atoms with Crippen molar-refractivity contribution in [3.8, 4) is 17.2 Å². The third-order valence-electron chi connectivity index (χ3n) is 3.73. The summed E-state index contributed by atoms with van der Waals surface area (Å²) < 4.78 is 15.6. The van der Waals surface area contributed by atoms with Crippen LogP contribution in [0.5, 0.6) is 17.2 Å². The summed E-state index contributed by atoms with van der Waals surface area (Å²) in [5, 5.41) is 19.5. The second-order valence-corrected chi connectivity index (χ2v) is 4.88. The van der Waals surface area contributed by atoms with Crippen molar-refractivity contribution in [2.75, 3.05) is 21.3 Å². The molecule has 3 atom stereocenters. The lowest BCUT2D eigenvalue weighted by atomic mass is 9.86. The normalized spacial score (nSPS) is 15.0. The van der Waals surface area contributed by atoms with Crippen molar-refractivity contribution in [1.29, 1.82) is 0 Å². The minimum Gasteiger partial charge on any atom is -0.496 e. The summed E-state index contributed by atoms with van der Waals surface area (Å²) >= 11 is 0. The van der Waals surface area contributed by atoms with Crippen LogP contribution in [-0.4, -0.2) is 37.5 Å².